The SMILES string of the molecule is NCc1ccc(S(=O)(=O)Nc2ccc(=O)[nH]n2)c(Br)c1. The fourth-order valence-corrected chi connectivity index (χ4v) is 3.61. The number of halogens is 1. The Morgan fingerprint density at radius 2 is 2.05 bits per heavy atom. The Morgan fingerprint density at radius 3 is 2.60 bits per heavy atom. The van der Waals surface area contributed by atoms with Crippen LogP contribution in [0.3, 0.4) is 0 Å². The lowest BCUT2D eigenvalue weighted by Gasteiger charge is -2.09. The van der Waals surface area contributed by atoms with Crippen molar-refractivity contribution in [3.63, 3.8) is 0 Å². The minimum absolute atomic E-state index is 0.0272. The number of nitrogens with one attached hydrogen (secondary N) is 2. The highest BCUT2D eigenvalue weighted by Crippen LogP contribution is 2.24. The second kappa shape index (κ2) is 5.73. The van der Waals surface area contributed by atoms with Gasteiger partial charge in [-0.2, -0.15) is 5.10 Å². The molecule has 0 atom stereocenters. The number of hydrogen-bond acceptors (Lipinski definition) is 5. The van der Waals surface area contributed by atoms with E-state index in [1.54, 1.807) is 12.1 Å². The molecule has 0 bridgehead atoms. The number of hydrogen-bond donors (Lipinski definition) is 3. The molecule has 0 spiro atoms. The number of nitrogens with zero attached hydrogens (tertiary/aromatic N) is 1. The normalized spacial score (nSPS) is 11.3. The van der Waals surface area contributed by atoms with Gasteiger partial charge < -0.3 is 5.73 Å². The summed E-state index contributed by atoms with van der Waals surface area (Å²) in [4.78, 5) is 10.9. The fourth-order valence-electron chi connectivity index (χ4n) is 1.48. The molecular weight excluding hydrogens is 348 g/mol. The van der Waals surface area contributed by atoms with Gasteiger partial charge in [-0.15, -0.1) is 0 Å². The third-order valence-corrected chi connectivity index (χ3v) is 4.77. The highest BCUT2D eigenvalue weighted by atomic mass is 79.9. The molecule has 0 aliphatic rings. The van der Waals surface area contributed by atoms with E-state index in [1.807, 2.05) is 0 Å². The molecule has 0 saturated carbocycles. The van der Waals surface area contributed by atoms with Crippen molar-refractivity contribution in [3.8, 4) is 0 Å². The maximum atomic E-state index is 12.2. The first kappa shape index (κ1) is 14.7. The topological polar surface area (TPSA) is 118 Å². The van der Waals surface area contributed by atoms with Gasteiger partial charge in [0.05, 0.1) is 0 Å². The molecule has 0 unspecified atom stereocenters. The summed E-state index contributed by atoms with van der Waals surface area (Å²) < 4.78 is 27.1. The van der Waals surface area contributed by atoms with Crippen molar-refractivity contribution in [1.82, 2.24) is 10.2 Å². The van der Waals surface area contributed by atoms with E-state index in [1.165, 1.54) is 18.2 Å². The lowest BCUT2D eigenvalue weighted by Crippen LogP contribution is -2.17. The molecule has 1 aromatic carbocycles. The quantitative estimate of drug-likeness (QED) is 0.746. The number of aromatic amines is 1. The number of rotatable bonds is 4. The van der Waals surface area contributed by atoms with Gasteiger partial charge in [-0.3, -0.25) is 9.52 Å². The lowest BCUT2D eigenvalue weighted by molar-refractivity contribution is 0.600. The Balaban J connectivity index is 2.35. The molecule has 0 aliphatic carbocycles. The summed E-state index contributed by atoms with van der Waals surface area (Å²) in [5, 5.41) is 5.74. The zero-order valence-corrected chi connectivity index (χ0v) is 12.5. The van der Waals surface area contributed by atoms with E-state index in [-0.39, 0.29) is 10.7 Å². The van der Waals surface area contributed by atoms with E-state index in [0.29, 0.717) is 11.0 Å². The average molecular weight is 359 g/mol. The average Bonchev–Trinajstić information content (AvgIpc) is 2.40. The molecule has 2 aromatic rings. The van der Waals surface area contributed by atoms with Crippen LogP contribution >= 0.6 is 15.9 Å². The first-order chi connectivity index (χ1) is 9.42. The van der Waals surface area contributed by atoms with Gasteiger partial charge in [0, 0.05) is 17.1 Å². The Labute approximate surface area is 123 Å². The molecule has 9 heteroatoms. The summed E-state index contributed by atoms with van der Waals surface area (Å²) in [5.74, 6) is 0.0272. The zero-order valence-electron chi connectivity index (χ0n) is 10.1. The van der Waals surface area contributed by atoms with Gasteiger partial charge in [0.2, 0.25) is 0 Å². The van der Waals surface area contributed by atoms with Gasteiger partial charge in [-0.05, 0) is 39.7 Å². The van der Waals surface area contributed by atoms with Crippen molar-refractivity contribution in [1.29, 1.82) is 0 Å². The van der Waals surface area contributed by atoms with Crippen molar-refractivity contribution >= 4 is 31.8 Å². The van der Waals surface area contributed by atoms with Crippen LogP contribution in [0.4, 0.5) is 5.82 Å². The molecule has 0 aliphatic heterocycles. The Hall–Kier alpha value is -1.71. The van der Waals surface area contributed by atoms with Crippen LogP contribution in [0.1, 0.15) is 5.56 Å². The van der Waals surface area contributed by atoms with E-state index in [4.69, 9.17) is 5.73 Å². The van der Waals surface area contributed by atoms with Crippen LogP contribution < -0.4 is 16.0 Å². The van der Waals surface area contributed by atoms with Crippen LogP contribution in [0.15, 0.2) is 44.5 Å². The molecule has 4 N–H and O–H groups in total. The van der Waals surface area contributed by atoms with Crippen LogP contribution in [0, 0.1) is 0 Å². The van der Waals surface area contributed by atoms with Gasteiger partial charge in [0.1, 0.15) is 4.90 Å². The molecule has 0 radical (unpaired) electrons. The molecule has 0 saturated heterocycles. The van der Waals surface area contributed by atoms with Crippen molar-refractivity contribution in [2.75, 3.05) is 4.72 Å². The number of nitrogens with two attached hydrogens (primary N) is 1. The predicted octanol–water partition coefficient (Wildman–Crippen LogP) is 0.792. The molecule has 7 nitrogen and oxygen atoms in total. The summed E-state index contributed by atoms with van der Waals surface area (Å²) in [5.41, 5.74) is 5.87. The number of H-pyrrole nitrogens is 1. The Morgan fingerprint density at radius 1 is 1.30 bits per heavy atom. The molecule has 0 fully saturated rings. The molecule has 1 aromatic heterocycles. The summed E-state index contributed by atoms with van der Waals surface area (Å²) in [7, 11) is -3.80. The maximum Gasteiger partial charge on any atom is 0.264 e. The van der Waals surface area contributed by atoms with Crippen molar-refractivity contribution < 1.29 is 8.42 Å². The second-order valence-corrected chi connectivity index (χ2v) is 6.39. The molecular formula is C11H11BrN4O3S. The standard InChI is InChI=1S/C11H11BrN4O3S/c12-8-5-7(6-13)1-2-9(8)20(18,19)16-10-3-4-11(17)15-14-10/h1-5H,6,13H2,(H,14,16)(H,15,17). The number of sulfonamides is 1. The minimum atomic E-state index is -3.80. The fraction of sp³-hybridized carbons (Fsp3) is 0.0909. The summed E-state index contributed by atoms with van der Waals surface area (Å²) in [6.07, 6.45) is 0. The number of anilines is 1. The van der Waals surface area contributed by atoms with E-state index >= 15 is 0 Å². The Kier molecular flexibility index (Phi) is 4.21. The number of benzene rings is 1. The summed E-state index contributed by atoms with van der Waals surface area (Å²) in [6.45, 7) is 0.313. The summed E-state index contributed by atoms with van der Waals surface area (Å²) >= 11 is 3.20. The van der Waals surface area contributed by atoms with Crippen LogP contribution in [-0.2, 0) is 16.6 Å². The molecule has 1 heterocycles. The van der Waals surface area contributed by atoms with Crippen molar-refractivity contribution in [2.24, 2.45) is 5.73 Å². The van der Waals surface area contributed by atoms with Gasteiger partial charge in [-0.25, -0.2) is 13.5 Å². The van der Waals surface area contributed by atoms with Crippen LogP contribution in [-0.4, -0.2) is 18.6 Å². The van der Waals surface area contributed by atoms with Crippen LogP contribution in [0.2, 0.25) is 0 Å². The highest BCUT2D eigenvalue weighted by Gasteiger charge is 2.18. The van der Waals surface area contributed by atoms with Gasteiger partial charge >= 0.3 is 0 Å². The first-order valence-electron chi connectivity index (χ1n) is 5.49. The monoisotopic (exact) mass is 358 g/mol. The largest absolute Gasteiger partial charge is 0.326 e. The highest BCUT2D eigenvalue weighted by molar-refractivity contribution is 9.10. The van der Waals surface area contributed by atoms with Crippen molar-refractivity contribution in [2.45, 2.75) is 11.4 Å². The van der Waals surface area contributed by atoms with E-state index in [9.17, 15) is 13.2 Å². The van der Waals surface area contributed by atoms with Gasteiger partial charge in [-0.1, -0.05) is 6.07 Å². The third-order valence-electron chi connectivity index (χ3n) is 2.44. The first-order valence-corrected chi connectivity index (χ1v) is 7.77. The van der Waals surface area contributed by atoms with Crippen molar-refractivity contribution in [3.05, 3.63) is 50.7 Å². The maximum absolute atomic E-state index is 12.2. The van der Waals surface area contributed by atoms with E-state index in [0.717, 1.165) is 5.56 Å². The predicted molar refractivity (Wildman–Crippen MR) is 77.7 cm³/mol. The van der Waals surface area contributed by atoms with Crippen LogP contribution in [0.25, 0.3) is 0 Å². The van der Waals surface area contributed by atoms with E-state index < -0.39 is 15.6 Å². The Bertz CT molecular complexity index is 768. The minimum Gasteiger partial charge on any atom is -0.326 e. The number of aromatic nitrogens is 2. The van der Waals surface area contributed by atoms with Gasteiger partial charge in [0.25, 0.3) is 15.6 Å². The second-order valence-electron chi connectivity index (χ2n) is 3.88. The molecule has 0 amide bonds. The summed E-state index contributed by atoms with van der Waals surface area (Å²) in [6, 6.07) is 7.16. The third kappa shape index (κ3) is 3.24. The molecule has 2 rings (SSSR count). The molecule has 20 heavy (non-hydrogen) atoms. The van der Waals surface area contributed by atoms with Gasteiger partial charge in [0.15, 0.2) is 5.82 Å². The zero-order chi connectivity index (χ0) is 14.8. The lowest BCUT2D eigenvalue weighted by atomic mass is 10.2. The van der Waals surface area contributed by atoms with Crippen LogP contribution in [0.5, 0.6) is 0 Å². The molecule has 106 valence electrons. The smallest absolute Gasteiger partial charge is 0.264 e. The van der Waals surface area contributed by atoms with E-state index in [2.05, 4.69) is 30.8 Å².